The molecule has 2 rings (SSSR count). The predicted octanol–water partition coefficient (Wildman–Crippen LogP) is 2.25. The van der Waals surface area contributed by atoms with Gasteiger partial charge in [-0.2, -0.15) is 13.2 Å². The van der Waals surface area contributed by atoms with Crippen LogP contribution < -0.4 is 4.90 Å². The van der Waals surface area contributed by atoms with Gasteiger partial charge in [0.15, 0.2) is 10.8 Å². The zero-order chi connectivity index (χ0) is 11.8. The maximum absolute atomic E-state index is 12.6. The first-order valence-electron chi connectivity index (χ1n) is 4.95. The van der Waals surface area contributed by atoms with E-state index in [1.54, 1.807) is 0 Å². The van der Waals surface area contributed by atoms with E-state index in [1.165, 1.54) is 0 Å². The molecule has 1 aliphatic rings. The SMILES string of the molecule is OCc1sc(N2CCCC2)nc1C(F)(F)F. The van der Waals surface area contributed by atoms with Crippen molar-refractivity contribution in [2.24, 2.45) is 0 Å². The number of hydrogen-bond donors (Lipinski definition) is 1. The summed E-state index contributed by atoms with van der Waals surface area (Å²) in [5.74, 6) is 0. The summed E-state index contributed by atoms with van der Waals surface area (Å²) in [6, 6.07) is 0. The molecule has 0 unspecified atom stereocenters. The largest absolute Gasteiger partial charge is 0.434 e. The Morgan fingerprint density at radius 1 is 1.31 bits per heavy atom. The van der Waals surface area contributed by atoms with Crippen LogP contribution >= 0.6 is 11.3 Å². The number of thiazole rings is 1. The summed E-state index contributed by atoms with van der Waals surface area (Å²) in [6.45, 7) is 0.881. The molecule has 1 aromatic rings. The van der Waals surface area contributed by atoms with Crippen LogP contribution in [-0.2, 0) is 12.8 Å². The van der Waals surface area contributed by atoms with Crippen molar-refractivity contribution in [2.45, 2.75) is 25.6 Å². The summed E-state index contributed by atoms with van der Waals surface area (Å²) in [5, 5.41) is 9.26. The lowest BCUT2D eigenvalue weighted by atomic mass is 10.3. The molecule has 0 radical (unpaired) electrons. The highest BCUT2D eigenvalue weighted by Crippen LogP contribution is 2.38. The van der Waals surface area contributed by atoms with Gasteiger partial charge in [-0.15, -0.1) is 0 Å². The average Bonchev–Trinajstić information content (AvgIpc) is 2.85. The van der Waals surface area contributed by atoms with Crippen molar-refractivity contribution in [3.63, 3.8) is 0 Å². The maximum atomic E-state index is 12.6. The third-order valence-corrected chi connectivity index (χ3v) is 3.58. The number of rotatable bonds is 2. The minimum atomic E-state index is -4.48. The molecule has 7 heteroatoms. The van der Waals surface area contributed by atoms with Gasteiger partial charge >= 0.3 is 6.18 Å². The Balaban J connectivity index is 2.31. The van der Waals surface area contributed by atoms with Gasteiger partial charge in [-0.05, 0) is 12.8 Å². The van der Waals surface area contributed by atoms with Gasteiger partial charge in [0.05, 0.1) is 11.5 Å². The zero-order valence-electron chi connectivity index (χ0n) is 8.42. The summed E-state index contributed by atoms with van der Waals surface area (Å²) < 4.78 is 37.7. The molecule has 1 N–H and O–H groups in total. The van der Waals surface area contributed by atoms with E-state index in [2.05, 4.69) is 4.98 Å². The predicted molar refractivity (Wildman–Crippen MR) is 54.5 cm³/mol. The summed E-state index contributed by atoms with van der Waals surface area (Å²) in [4.78, 5) is 5.32. The molecule has 0 bridgehead atoms. The molecule has 1 aromatic heterocycles. The van der Waals surface area contributed by atoms with Crippen LogP contribution in [0.2, 0.25) is 0 Å². The third kappa shape index (κ3) is 2.15. The van der Waals surface area contributed by atoms with Crippen molar-refractivity contribution < 1.29 is 18.3 Å². The van der Waals surface area contributed by atoms with E-state index in [4.69, 9.17) is 5.11 Å². The number of hydrogen-bond acceptors (Lipinski definition) is 4. The lowest BCUT2D eigenvalue weighted by molar-refractivity contribution is -0.141. The summed E-state index contributed by atoms with van der Waals surface area (Å²) >= 11 is 0.928. The minimum Gasteiger partial charge on any atom is -0.391 e. The summed E-state index contributed by atoms with van der Waals surface area (Å²) in [5.41, 5.74) is -0.943. The number of halogens is 3. The topological polar surface area (TPSA) is 36.4 Å². The van der Waals surface area contributed by atoms with Crippen LogP contribution in [0.5, 0.6) is 0 Å². The molecule has 1 fully saturated rings. The highest BCUT2D eigenvalue weighted by atomic mass is 32.1. The minimum absolute atomic E-state index is 0.102. The number of nitrogens with zero attached hydrogens (tertiary/aromatic N) is 2. The number of anilines is 1. The molecule has 0 spiro atoms. The molecule has 0 amide bonds. The van der Waals surface area contributed by atoms with Crippen molar-refractivity contribution in [1.82, 2.24) is 4.98 Å². The molecule has 0 aliphatic carbocycles. The van der Waals surface area contributed by atoms with Gasteiger partial charge < -0.3 is 10.0 Å². The Morgan fingerprint density at radius 2 is 1.94 bits per heavy atom. The van der Waals surface area contributed by atoms with Crippen LogP contribution in [0, 0.1) is 0 Å². The quantitative estimate of drug-likeness (QED) is 0.877. The van der Waals surface area contributed by atoms with Crippen LogP contribution in [0.3, 0.4) is 0 Å². The van der Waals surface area contributed by atoms with Crippen molar-refractivity contribution in [3.05, 3.63) is 10.6 Å². The Hall–Kier alpha value is -0.820. The third-order valence-electron chi connectivity index (χ3n) is 2.47. The first-order valence-corrected chi connectivity index (χ1v) is 5.76. The molecule has 90 valence electrons. The van der Waals surface area contributed by atoms with Crippen LogP contribution in [-0.4, -0.2) is 23.2 Å². The molecular formula is C9H11F3N2OS. The Morgan fingerprint density at radius 3 is 2.38 bits per heavy atom. The Labute approximate surface area is 94.5 Å². The van der Waals surface area contributed by atoms with Crippen LogP contribution in [0.4, 0.5) is 18.3 Å². The van der Waals surface area contributed by atoms with Gasteiger partial charge in [0.25, 0.3) is 0 Å². The van der Waals surface area contributed by atoms with E-state index >= 15 is 0 Å². The Kier molecular flexibility index (Phi) is 3.07. The monoisotopic (exact) mass is 252 g/mol. The fourth-order valence-corrected chi connectivity index (χ4v) is 2.70. The van der Waals surface area contributed by atoms with Gasteiger partial charge in [-0.1, -0.05) is 11.3 Å². The highest BCUT2D eigenvalue weighted by molar-refractivity contribution is 7.15. The molecule has 1 aliphatic heterocycles. The first-order chi connectivity index (χ1) is 7.52. The van der Waals surface area contributed by atoms with E-state index in [0.29, 0.717) is 5.13 Å². The molecule has 3 nitrogen and oxygen atoms in total. The van der Waals surface area contributed by atoms with Crippen LogP contribution in [0.1, 0.15) is 23.4 Å². The second kappa shape index (κ2) is 4.21. The average molecular weight is 252 g/mol. The van der Waals surface area contributed by atoms with E-state index in [1.807, 2.05) is 4.90 Å². The lowest BCUT2D eigenvalue weighted by Crippen LogP contribution is -2.17. The highest BCUT2D eigenvalue weighted by Gasteiger charge is 2.38. The van der Waals surface area contributed by atoms with Crippen molar-refractivity contribution >= 4 is 16.5 Å². The zero-order valence-corrected chi connectivity index (χ0v) is 9.24. The van der Waals surface area contributed by atoms with E-state index in [9.17, 15) is 13.2 Å². The van der Waals surface area contributed by atoms with Gasteiger partial charge in [0.2, 0.25) is 0 Å². The first kappa shape index (κ1) is 11.7. The molecule has 2 heterocycles. The molecule has 0 saturated carbocycles. The maximum Gasteiger partial charge on any atom is 0.434 e. The van der Waals surface area contributed by atoms with E-state index < -0.39 is 18.5 Å². The fourth-order valence-electron chi connectivity index (χ4n) is 1.71. The second-order valence-electron chi connectivity index (χ2n) is 3.62. The van der Waals surface area contributed by atoms with Gasteiger partial charge in [0.1, 0.15) is 0 Å². The molecule has 0 aromatic carbocycles. The van der Waals surface area contributed by atoms with E-state index in [0.717, 1.165) is 37.3 Å². The number of aliphatic hydroxyl groups excluding tert-OH is 1. The fraction of sp³-hybridized carbons (Fsp3) is 0.667. The van der Waals surface area contributed by atoms with E-state index in [-0.39, 0.29) is 4.88 Å². The number of aromatic nitrogens is 1. The van der Waals surface area contributed by atoms with Gasteiger partial charge in [-0.25, -0.2) is 4.98 Å². The molecule has 16 heavy (non-hydrogen) atoms. The summed E-state index contributed by atoms with van der Waals surface area (Å²) in [7, 11) is 0. The molecular weight excluding hydrogens is 241 g/mol. The van der Waals surface area contributed by atoms with Crippen molar-refractivity contribution in [3.8, 4) is 0 Å². The van der Waals surface area contributed by atoms with Crippen LogP contribution in [0.25, 0.3) is 0 Å². The Bertz CT molecular complexity index is 371. The standard InChI is InChI=1S/C9H11F3N2OS/c10-9(11,12)7-6(5-15)16-8(13-7)14-3-1-2-4-14/h15H,1-5H2. The van der Waals surface area contributed by atoms with Crippen LogP contribution in [0.15, 0.2) is 0 Å². The smallest absolute Gasteiger partial charge is 0.391 e. The van der Waals surface area contributed by atoms with Gasteiger partial charge in [0, 0.05) is 13.1 Å². The van der Waals surface area contributed by atoms with Crippen molar-refractivity contribution in [1.29, 1.82) is 0 Å². The van der Waals surface area contributed by atoms with Crippen molar-refractivity contribution in [2.75, 3.05) is 18.0 Å². The number of alkyl halides is 3. The van der Waals surface area contributed by atoms with Gasteiger partial charge in [-0.3, -0.25) is 0 Å². The molecule has 0 atom stereocenters. The summed E-state index contributed by atoms with van der Waals surface area (Å²) in [6.07, 6.45) is -2.52. The lowest BCUT2D eigenvalue weighted by Gasteiger charge is -2.12. The molecule has 1 saturated heterocycles. The second-order valence-corrected chi connectivity index (χ2v) is 4.68. The normalized spacial score (nSPS) is 17.1. The number of aliphatic hydroxyl groups is 1.